The van der Waals surface area contributed by atoms with Gasteiger partial charge in [-0.1, -0.05) is 13.0 Å². The Balaban J connectivity index is 4.98. The summed E-state index contributed by atoms with van der Waals surface area (Å²) in [6.45, 7) is 11.4. The van der Waals surface area contributed by atoms with Crippen molar-refractivity contribution >= 4 is 21.6 Å². The first kappa shape index (κ1) is 15.9. The van der Waals surface area contributed by atoms with E-state index in [2.05, 4.69) is 6.58 Å². The summed E-state index contributed by atoms with van der Waals surface area (Å²) in [7, 11) is -3.28. The van der Waals surface area contributed by atoms with E-state index in [-0.39, 0.29) is 11.7 Å². The molecule has 0 radical (unpaired) electrons. The Morgan fingerprint density at radius 3 is 2.25 bits per heavy atom. The molecule has 0 rings (SSSR count). The lowest BCUT2D eigenvalue weighted by atomic mass is 10.1. The molecule has 96 valence electrons. The van der Waals surface area contributed by atoms with Crippen molar-refractivity contribution in [3.05, 3.63) is 12.7 Å². The lowest BCUT2D eigenvalue weighted by Gasteiger charge is -2.34. The normalized spacial score (nSPS) is 15.1. The third kappa shape index (κ3) is 4.85. The Hall–Kier alpha value is -0.0600. The van der Waals surface area contributed by atoms with Crippen molar-refractivity contribution < 1.29 is 8.42 Å². The number of rotatable bonds is 6. The number of nitrogens with zero attached hydrogens (tertiary/aromatic N) is 1. The first-order valence-corrected chi connectivity index (χ1v) is 7.47. The van der Waals surface area contributed by atoms with Crippen molar-refractivity contribution in [1.82, 2.24) is 4.31 Å². The molecule has 0 spiro atoms. The van der Waals surface area contributed by atoms with Crippen LogP contribution in [0.1, 0.15) is 27.7 Å². The summed E-state index contributed by atoms with van der Waals surface area (Å²) >= 11 is 5.65. The van der Waals surface area contributed by atoms with Gasteiger partial charge in [-0.25, -0.2) is 8.42 Å². The topological polar surface area (TPSA) is 37.4 Å². The Kier molecular flexibility index (Phi) is 6.01. The molecule has 3 nitrogen and oxygen atoms in total. The predicted octanol–water partition coefficient (Wildman–Crippen LogP) is 2.48. The van der Waals surface area contributed by atoms with Crippen molar-refractivity contribution in [2.24, 2.45) is 5.92 Å². The molecular weight excluding hydrogens is 246 g/mol. The smallest absolute Gasteiger partial charge is 0.212 e. The van der Waals surface area contributed by atoms with E-state index in [0.29, 0.717) is 12.4 Å². The van der Waals surface area contributed by atoms with Gasteiger partial charge in [0.05, 0.1) is 5.75 Å². The summed E-state index contributed by atoms with van der Waals surface area (Å²) in [4.78, 5) is 0. The molecule has 0 aromatic rings. The molecule has 0 saturated carbocycles. The number of hydrogen-bond donors (Lipinski definition) is 0. The van der Waals surface area contributed by atoms with Gasteiger partial charge in [0.25, 0.3) is 0 Å². The third-order valence-electron chi connectivity index (χ3n) is 2.14. The third-order valence-corrected chi connectivity index (χ3v) is 5.02. The Morgan fingerprint density at radius 2 is 1.94 bits per heavy atom. The fourth-order valence-electron chi connectivity index (χ4n) is 1.42. The second-order valence-corrected chi connectivity index (χ2v) is 7.28. The molecule has 0 fully saturated rings. The second kappa shape index (κ2) is 6.03. The molecule has 0 aromatic carbocycles. The van der Waals surface area contributed by atoms with Crippen LogP contribution in [0.25, 0.3) is 0 Å². The molecule has 0 amide bonds. The van der Waals surface area contributed by atoms with E-state index in [1.54, 1.807) is 6.08 Å². The van der Waals surface area contributed by atoms with Crippen LogP contribution in [0, 0.1) is 5.92 Å². The number of halogens is 1. The summed E-state index contributed by atoms with van der Waals surface area (Å²) in [5, 5.41) is 0. The van der Waals surface area contributed by atoms with Gasteiger partial charge in [0.2, 0.25) is 10.0 Å². The van der Waals surface area contributed by atoms with Gasteiger partial charge in [0, 0.05) is 18.0 Å². The zero-order valence-electron chi connectivity index (χ0n) is 10.5. The van der Waals surface area contributed by atoms with E-state index < -0.39 is 15.6 Å². The van der Waals surface area contributed by atoms with E-state index >= 15 is 0 Å². The van der Waals surface area contributed by atoms with Crippen molar-refractivity contribution in [3.63, 3.8) is 0 Å². The Morgan fingerprint density at radius 1 is 1.44 bits per heavy atom. The van der Waals surface area contributed by atoms with Gasteiger partial charge in [-0.2, -0.15) is 4.31 Å². The van der Waals surface area contributed by atoms with Crippen molar-refractivity contribution in [2.75, 3.05) is 18.2 Å². The quantitative estimate of drug-likeness (QED) is 0.548. The van der Waals surface area contributed by atoms with Crippen molar-refractivity contribution in [3.8, 4) is 0 Å². The van der Waals surface area contributed by atoms with Crippen LogP contribution in [-0.4, -0.2) is 36.4 Å². The summed E-state index contributed by atoms with van der Waals surface area (Å²) in [5.41, 5.74) is -0.431. The molecule has 1 unspecified atom stereocenters. The average molecular weight is 268 g/mol. The lowest BCUT2D eigenvalue weighted by Crippen LogP contribution is -2.47. The summed E-state index contributed by atoms with van der Waals surface area (Å²) in [6.07, 6.45) is 1.61. The monoisotopic (exact) mass is 267 g/mol. The van der Waals surface area contributed by atoms with Gasteiger partial charge in [-0.15, -0.1) is 18.2 Å². The van der Waals surface area contributed by atoms with Gasteiger partial charge in [-0.3, -0.25) is 0 Å². The minimum absolute atomic E-state index is 0.0404. The highest BCUT2D eigenvalue weighted by Gasteiger charge is 2.32. The van der Waals surface area contributed by atoms with Crippen LogP contribution in [-0.2, 0) is 10.0 Å². The van der Waals surface area contributed by atoms with E-state index in [0.717, 1.165) is 0 Å². The molecule has 0 bridgehead atoms. The van der Waals surface area contributed by atoms with E-state index in [4.69, 9.17) is 11.6 Å². The minimum Gasteiger partial charge on any atom is -0.212 e. The first-order chi connectivity index (χ1) is 7.15. The van der Waals surface area contributed by atoms with Crippen LogP contribution >= 0.6 is 11.6 Å². The summed E-state index contributed by atoms with van der Waals surface area (Å²) in [6, 6.07) is 0. The average Bonchev–Trinajstić information content (AvgIpc) is 2.11. The number of alkyl halides is 1. The van der Waals surface area contributed by atoms with E-state index in [1.807, 2.05) is 27.7 Å². The van der Waals surface area contributed by atoms with Crippen LogP contribution in [0.15, 0.2) is 12.7 Å². The lowest BCUT2D eigenvalue weighted by molar-refractivity contribution is 0.268. The van der Waals surface area contributed by atoms with Crippen LogP contribution in [0.4, 0.5) is 0 Å². The van der Waals surface area contributed by atoms with Crippen LogP contribution < -0.4 is 0 Å². The maximum absolute atomic E-state index is 12.2. The van der Waals surface area contributed by atoms with Gasteiger partial charge >= 0.3 is 0 Å². The maximum atomic E-state index is 12.2. The fourth-order valence-corrected chi connectivity index (χ4v) is 3.84. The standard InChI is InChI=1S/C11H22ClNO2S/c1-6-7-13(11(3,4)5)16(14,15)9-10(2)8-12/h6,10H,1,7-9H2,2-5H3. The second-order valence-electron chi connectivity index (χ2n) is 5.03. The zero-order chi connectivity index (χ0) is 13.0. The molecule has 1 atom stereocenters. The number of sulfonamides is 1. The molecule has 0 N–H and O–H groups in total. The minimum atomic E-state index is -3.28. The Bertz CT molecular complexity index is 319. The first-order valence-electron chi connectivity index (χ1n) is 5.32. The van der Waals surface area contributed by atoms with E-state index in [9.17, 15) is 8.42 Å². The van der Waals surface area contributed by atoms with Crippen LogP contribution in [0.3, 0.4) is 0 Å². The summed E-state index contributed by atoms with van der Waals surface area (Å²) in [5.74, 6) is 0.397. The van der Waals surface area contributed by atoms with Gasteiger partial charge in [0.15, 0.2) is 0 Å². The highest BCUT2D eigenvalue weighted by molar-refractivity contribution is 7.89. The zero-order valence-corrected chi connectivity index (χ0v) is 12.1. The van der Waals surface area contributed by atoms with Crippen molar-refractivity contribution in [1.29, 1.82) is 0 Å². The van der Waals surface area contributed by atoms with Crippen LogP contribution in [0.2, 0.25) is 0 Å². The molecule has 16 heavy (non-hydrogen) atoms. The summed E-state index contributed by atoms with van der Waals surface area (Å²) < 4.78 is 25.8. The highest BCUT2D eigenvalue weighted by atomic mass is 35.5. The van der Waals surface area contributed by atoms with Crippen molar-refractivity contribution in [2.45, 2.75) is 33.2 Å². The molecule has 0 aliphatic carbocycles. The fraction of sp³-hybridized carbons (Fsp3) is 0.818. The molecule has 0 heterocycles. The molecular formula is C11H22ClNO2S. The highest BCUT2D eigenvalue weighted by Crippen LogP contribution is 2.20. The SMILES string of the molecule is C=CCN(C(C)(C)C)S(=O)(=O)CC(C)CCl. The molecule has 0 aliphatic rings. The largest absolute Gasteiger partial charge is 0.215 e. The van der Waals surface area contributed by atoms with Gasteiger partial charge < -0.3 is 0 Å². The molecule has 0 saturated heterocycles. The molecule has 0 aliphatic heterocycles. The molecule has 0 aromatic heterocycles. The Labute approximate surface area is 105 Å². The van der Waals surface area contributed by atoms with E-state index in [1.165, 1.54) is 4.31 Å². The molecule has 5 heteroatoms. The maximum Gasteiger partial charge on any atom is 0.215 e. The predicted molar refractivity (Wildman–Crippen MR) is 70.3 cm³/mol. The number of hydrogen-bond acceptors (Lipinski definition) is 2. The van der Waals surface area contributed by atoms with Gasteiger partial charge in [0.1, 0.15) is 0 Å². The van der Waals surface area contributed by atoms with Gasteiger partial charge in [-0.05, 0) is 26.7 Å². The van der Waals surface area contributed by atoms with Crippen LogP contribution in [0.5, 0.6) is 0 Å².